The van der Waals surface area contributed by atoms with Crippen molar-refractivity contribution in [3.05, 3.63) is 41.2 Å². The van der Waals surface area contributed by atoms with Crippen LogP contribution >= 0.6 is 0 Å². The van der Waals surface area contributed by atoms with Crippen LogP contribution in [0.2, 0.25) is 0 Å². The number of benzene rings is 1. The molecule has 2 N–H and O–H groups in total. The molecule has 10 heteroatoms. The van der Waals surface area contributed by atoms with Crippen LogP contribution in [-0.2, 0) is 26.1 Å². The van der Waals surface area contributed by atoms with Crippen LogP contribution in [0.4, 0.5) is 9.18 Å². The molecule has 1 fully saturated rings. The Morgan fingerprint density at radius 3 is 2.57 bits per heavy atom. The summed E-state index contributed by atoms with van der Waals surface area (Å²) in [5.74, 6) is -0.507. The van der Waals surface area contributed by atoms with Gasteiger partial charge in [-0.2, -0.15) is 0 Å². The number of hydrogen-bond acceptors (Lipinski definition) is 6. The van der Waals surface area contributed by atoms with Crippen molar-refractivity contribution in [1.29, 1.82) is 0 Å². The highest BCUT2D eigenvalue weighted by atomic mass is 32.2. The van der Waals surface area contributed by atoms with E-state index in [1.54, 1.807) is 17.0 Å². The molecular weight excluding hydrogens is 413 g/mol. The van der Waals surface area contributed by atoms with E-state index < -0.39 is 27.0 Å². The number of nitrogens with one attached hydrogen (secondary N) is 2. The van der Waals surface area contributed by atoms with Gasteiger partial charge in [0.05, 0.1) is 12.0 Å². The summed E-state index contributed by atoms with van der Waals surface area (Å²) in [4.78, 5) is 19.7. The standard InChI is InChI=1S/C20H28FN3O5S/c1-19(2,3)28-18(25)24-9-7-20(8-10-24)12-17(23-29-20)14-5-6-15(16(21)11-14)13-22-30(4,26)27/h5-6,11-12,22-23H,7-10,13H2,1-4H3. The second-order valence-electron chi connectivity index (χ2n) is 8.69. The van der Waals surface area contributed by atoms with Gasteiger partial charge in [-0.3, -0.25) is 10.3 Å². The molecule has 0 aromatic heterocycles. The molecule has 0 aliphatic carbocycles. The fraction of sp³-hybridized carbons (Fsp3) is 0.550. The Morgan fingerprint density at radius 2 is 2.00 bits per heavy atom. The molecule has 0 bridgehead atoms. The Labute approximate surface area is 176 Å². The number of hydrogen-bond donors (Lipinski definition) is 2. The highest BCUT2D eigenvalue weighted by Crippen LogP contribution is 2.35. The Hall–Kier alpha value is -2.17. The Balaban J connectivity index is 1.65. The third kappa shape index (κ3) is 5.71. The van der Waals surface area contributed by atoms with Gasteiger partial charge in [-0.05, 0) is 32.9 Å². The van der Waals surface area contributed by atoms with Gasteiger partial charge in [0.15, 0.2) is 0 Å². The van der Waals surface area contributed by atoms with Crippen molar-refractivity contribution in [3.8, 4) is 0 Å². The number of sulfonamides is 1. The highest BCUT2D eigenvalue weighted by molar-refractivity contribution is 7.88. The zero-order valence-electron chi connectivity index (χ0n) is 17.6. The first kappa shape index (κ1) is 22.5. The summed E-state index contributed by atoms with van der Waals surface area (Å²) >= 11 is 0. The van der Waals surface area contributed by atoms with Crippen LogP contribution in [-0.4, -0.2) is 50.0 Å². The lowest BCUT2D eigenvalue weighted by Crippen LogP contribution is -2.48. The lowest BCUT2D eigenvalue weighted by Gasteiger charge is -2.37. The maximum atomic E-state index is 14.4. The van der Waals surface area contributed by atoms with Gasteiger partial charge in [0.1, 0.15) is 17.0 Å². The van der Waals surface area contributed by atoms with Crippen molar-refractivity contribution >= 4 is 21.8 Å². The van der Waals surface area contributed by atoms with Gasteiger partial charge >= 0.3 is 6.09 Å². The van der Waals surface area contributed by atoms with Crippen LogP contribution in [0, 0.1) is 5.82 Å². The molecule has 30 heavy (non-hydrogen) atoms. The molecule has 2 heterocycles. The van der Waals surface area contributed by atoms with Crippen LogP contribution in [0.3, 0.4) is 0 Å². The molecule has 3 rings (SSSR count). The molecule has 1 aromatic carbocycles. The number of carbonyl (C=O) groups is 1. The Bertz CT molecular complexity index is 948. The number of nitrogens with zero attached hydrogens (tertiary/aromatic N) is 1. The predicted octanol–water partition coefficient (Wildman–Crippen LogP) is 2.52. The summed E-state index contributed by atoms with van der Waals surface area (Å²) in [6.45, 7) is 6.36. The number of hydroxylamine groups is 1. The molecule has 1 spiro atoms. The summed E-state index contributed by atoms with van der Waals surface area (Å²) in [5.41, 5.74) is 3.25. The van der Waals surface area contributed by atoms with Gasteiger partial charge in [-0.1, -0.05) is 12.1 Å². The highest BCUT2D eigenvalue weighted by Gasteiger charge is 2.40. The summed E-state index contributed by atoms with van der Waals surface area (Å²) in [5, 5.41) is 0. The van der Waals surface area contributed by atoms with E-state index in [0.717, 1.165) is 6.26 Å². The normalized spacial score (nSPS) is 18.8. The zero-order chi connectivity index (χ0) is 22.2. The molecule has 2 aliphatic rings. The van der Waals surface area contributed by atoms with E-state index >= 15 is 0 Å². The number of likely N-dealkylation sites (tertiary alicyclic amines) is 1. The van der Waals surface area contributed by atoms with Crippen LogP contribution < -0.4 is 10.2 Å². The quantitative estimate of drug-likeness (QED) is 0.745. The molecule has 1 saturated heterocycles. The zero-order valence-corrected chi connectivity index (χ0v) is 18.4. The SMILES string of the molecule is CC(C)(C)OC(=O)N1CCC2(C=C(c3ccc(CNS(C)(=O)=O)c(F)c3)NO2)CC1. The molecule has 1 aromatic rings. The minimum absolute atomic E-state index is 0.113. The van der Waals surface area contributed by atoms with Crippen molar-refractivity contribution in [2.24, 2.45) is 0 Å². The molecule has 0 unspecified atom stereocenters. The minimum atomic E-state index is -3.40. The topological polar surface area (TPSA) is 97.0 Å². The fourth-order valence-electron chi connectivity index (χ4n) is 3.33. The average molecular weight is 442 g/mol. The number of halogens is 1. The number of rotatable bonds is 4. The first-order chi connectivity index (χ1) is 13.9. The van der Waals surface area contributed by atoms with Gasteiger partial charge in [-0.25, -0.2) is 22.3 Å². The lowest BCUT2D eigenvalue weighted by atomic mass is 9.90. The second kappa shape index (κ2) is 8.16. The maximum Gasteiger partial charge on any atom is 0.410 e. The molecular formula is C20H28FN3O5S. The van der Waals surface area contributed by atoms with E-state index in [1.165, 1.54) is 6.07 Å². The largest absolute Gasteiger partial charge is 0.444 e. The number of amides is 1. The average Bonchev–Trinajstić information content (AvgIpc) is 3.02. The van der Waals surface area contributed by atoms with Gasteiger partial charge < -0.3 is 9.64 Å². The maximum absolute atomic E-state index is 14.4. The molecule has 2 aliphatic heterocycles. The number of carbonyl (C=O) groups excluding carboxylic acids is 1. The van der Waals surface area contributed by atoms with E-state index in [-0.39, 0.29) is 18.2 Å². The van der Waals surface area contributed by atoms with Crippen molar-refractivity contribution < 1.29 is 27.2 Å². The van der Waals surface area contributed by atoms with Crippen LogP contribution in [0.5, 0.6) is 0 Å². The van der Waals surface area contributed by atoms with Crippen molar-refractivity contribution in [1.82, 2.24) is 15.1 Å². The minimum Gasteiger partial charge on any atom is -0.444 e. The summed E-state index contributed by atoms with van der Waals surface area (Å²) in [6.07, 6.45) is 3.77. The molecule has 0 atom stereocenters. The van der Waals surface area contributed by atoms with Crippen molar-refractivity contribution in [2.75, 3.05) is 19.3 Å². The molecule has 166 valence electrons. The van der Waals surface area contributed by atoms with Gasteiger partial charge in [-0.15, -0.1) is 0 Å². The first-order valence-electron chi connectivity index (χ1n) is 9.74. The number of ether oxygens (including phenoxy) is 1. The Morgan fingerprint density at radius 1 is 1.33 bits per heavy atom. The van der Waals surface area contributed by atoms with E-state index in [0.29, 0.717) is 37.2 Å². The smallest absolute Gasteiger partial charge is 0.410 e. The summed E-state index contributed by atoms with van der Waals surface area (Å²) < 4.78 is 44.5. The van der Waals surface area contributed by atoms with Crippen LogP contribution in [0.25, 0.3) is 5.70 Å². The second-order valence-corrected chi connectivity index (χ2v) is 10.5. The third-order valence-corrected chi connectivity index (χ3v) is 5.59. The summed E-state index contributed by atoms with van der Waals surface area (Å²) in [6, 6.07) is 4.59. The molecule has 1 amide bonds. The van der Waals surface area contributed by atoms with E-state index in [4.69, 9.17) is 9.57 Å². The van der Waals surface area contributed by atoms with E-state index in [1.807, 2.05) is 26.8 Å². The molecule has 0 saturated carbocycles. The summed E-state index contributed by atoms with van der Waals surface area (Å²) in [7, 11) is -3.40. The monoisotopic (exact) mass is 441 g/mol. The van der Waals surface area contributed by atoms with Crippen LogP contribution in [0.1, 0.15) is 44.7 Å². The third-order valence-electron chi connectivity index (χ3n) is 4.92. The lowest BCUT2D eigenvalue weighted by molar-refractivity contribution is -0.0708. The van der Waals surface area contributed by atoms with E-state index in [9.17, 15) is 17.6 Å². The first-order valence-corrected chi connectivity index (χ1v) is 11.6. The Kier molecular flexibility index (Phi) is 6.13. The molecule has 8 nitrogen and oxygen atoms in total. The predicted molar refractivity (Wildman–Crippen MR) is 110 cm³/mol. The van der Waals surface area contributed by atoms with Gasteiger partial charge in [0.2, 0.25) is 10.0 Å². The number of piperidine rings is 1. The van der Waals surface area contributed by atoms with Crippen molar-refractivity contribution in [2.45, 2.75) is 51.4 Å². The van der Waals surface area contributed by atoms with E-state index in [2.05, 4.69) is 10.2 Å². The fourth-order valence-corrected chi connectivity index (χ4v) is 3.75. The molecule has 0 radical (unpaired) electrons. The van der Waals surface area contributed by atoms with Crippen molar-refractivity contribution in [3.63, 3.8) is 0 Å². The van der Waals surface area contributed by atoms with Gasteiger partial charge in [0, 0.05) is 43.6 Å². The van der Waals surface area contributed by atoms with Crippen LogP contribution in [0.15, 0.2) is 24.3 Å². The van der Waals surface area contributed by atoms with Gasteiger partial charge in [0.25, 0.3) is 0 Å².